The Labute approximate surface area is 134 Å². The number of amides is 1. The highest BCUT2D eigenvalue weighted by Crippen LogP contribution is 2.33. The lowest BCUT2D eigenvalue weighted by Crippen LogP contribution is -2.40. The molecule has 3 heteroatoms. The van der Waals surface area contributed by atoms with Gasteiger partial charge in [0, 0.05) is 30.7 Å². The maximum Gasteiger partial charge on any atom is 0.227 e. The first-order valence-corrected chi connectivity index (χ1v) is 8.70. The van der Waals surface area contributed by atoms with Crippen LogP contribution in [0.4, 0.5) is 5.69 Å². The SMILES string of the molecule is CCN(C(=O)CC1CC2CCC(C1)N2)c1cc(C)cc(C)c1. The third kappa shape index (κ3) is 3.35. The first-order valence-electron chi connectivity index (χ1n) is 8.70. The zero-order chi connectivity index (χ0) is 15.7. The average Bonchev–Trinajstić information content (AvgIpc) is 2.77. The van der Waals surface area contributed by atoms with E-state index in [1.54, 1.807) is 0 Å². The monoisotopic (exact) mass is 300 g/mol. The molecule has 2 unspecified atom stereocenters. The van der Waals surface area contributed by atoms with Crippen molar-refractivity contribution in [2.24, 2.45) is 5.92 Å². The number of carbonyl (C=O) groups excluding carboxylic acids is 1. The summed E-state index contributed by atoms with van der Waals surface area (Å²) in [5.41, 5.74) is 3.50. The van der Waals surface area contributed by atoms with Crippen molar-refractivity contribution in [3.8, 4) is 0 Å². The number of nitrogens with zero attached hydrogens (tertiary/aromatic N) is 1. The van der Waals surface area contributed by atoms with E-state index in [0.717, 1.165) is 12.2 Å². The molecule has 22 heavy (non-hydrogen) atoms. The van der Waals surface area contributed by atoms with Crippen LogP contribution in [-0.4, -0.2) is 24.5 Å². The van der Waals surface area contributed by atoms with Crippen LogP contribution in [-0.2, 0) is 4.79 Å². The quantitative estimate of drug-likeness (QED) is 0.922. The summed E-state index contributed by atoms with van der Waals surface area (Å²) in [5, 5.41) is 3.66. The van der Waals surface area contributed by atoms with Crippen molar-refractivity contribution in [1.29, 1.82) is 0 Å². The van der Waals surface area contributed by atoms with Gasteiger partial charge in [-0.15, -0.1) is 0 Å². The van der Waals surface area contributed by atoms with E-state index < -0.39 is 0 Å². The summed E-state index contributed by atoms with van der Waals surface area (Å²) in [4.78, 5) is 14.8. The lowest BCUT2D eigenvalue weighted by Gasteiger charge is -2.30. The van der Waals surface area contributed by atoms with Crippen molar-refractivity contribution >= 4 is 11.6 Å². The predicted octanol–water partition coefficient (Wildman–Crippen LogP) is 3.58. The van der Waals surface area contributed by atoms with Gasteiger partial charge in [0.05, 0.1) is 0 Å². The van der Waals surface area contributed by atoms with Gasteiger partial charge in [0.2, 0.25) is 5.91 Å². The average molecular weight is 300 g/mol. The molecule has 0 aliphatic carbocycles. The molecule has 2 aliphatic rings. The highest BCUT2D eigenvalue weighted by atomic mass is 16.2. The fraction of sp³-hybridized carbons (Fsp3) is 0.632. The van der Waals surface area contributed by atoms with Crippen LogP contribution in [0.25, 0.3) is 0 Å². The number of hydrogen-bond donors (Lipinski definition) is 1. The maximum absolute atomic E-state index is 12.8. The normalized spacial score (nSPS) is 27.0. The van der Waals surface area contributed by atoms with Gasteiger partial charge >= 0.3 is 0 Å². The van der Waals surface area contributed by atoms with Gasteiger partial charge < -0.3 is 10.2 Å². The number of fused-ring (bicyclic) bond motifs is 2. The van der Waals surface area contributed by atoms with Crippen LogP contribution in [0.5, 0.6) is 0 Å². The van der Waals surface area contributed by atoms with Crippen LogP contribution < -0.4 is 10.2 Å². The summed E-state index contributed by atoms with van der Waals surface area (Å²) >= 11 is 0. The molecule has 0 saturated carbocycles. The molecule has 120 valence electrons. The minimum absolute atomic E-state index is 0.291. The smallest absolute Gasteiger partial charge is 0.227 e. The van der Waals surface area contributed by atoms with E-state index >= 15 is 0 Å². The number of rotatable bonds is 4. The van der Waals surface area contributed by atoms with Gasteiger partial charge in [0.15, 0.2) is 0 Å². The van der Waals surface area contributed by atoms with Crippen molar-refractivity contribution in [1.82, 2.24) is 5.32 Å². The molecule has 1 aromatic carbocycles. The molecule has 2 aliphatic heterocycles. The highest BCUT2D eigenvalue weighted by Gasteiger charge is 2.34. The number of hydrogen-bond acceptors (Lipinski definition) is 2. The molecule has 1 aromatic rings. The number of piperidine rings is 1. The molecule has 0 radical (unpaired) electrons. The zero-order valence-corrected chi connectivity index (χ0v) is 14.1. The predicted molar refractivity (Wildman–Crippen MR) is 91.2 cm³/mol. The van der Waals surface area contributed by atoms with Gasteiger partial charge in [-0.2, -0.15) is 0 Å². The van der Waals surface area contributed by atoms with Crippen LogP contribution >= 0.6 is 0 Å². The van der Waals surface area contributed by atoms with E-state index in [2.05, 4.69) is 44.3 Å². The van der Waals surface area contributed by atoms with Gasteiger partial charge in [-0.25, -0.2) is 0 Å². The first kappa shape index (κ1) is 15.5. The number of anilines is 1. The van der Waals surface area contributed by atoms with E-state index in [9.17, 15) is 4.79 Å². The Kier molecular flexibility index (Phi) is 4.53. The Hall–Kier alpha value is -1.35. The molecule has 2 atom stereocenters. The van der Waals surface area contributed by atoms with Crippen molar-refractivity contribution in [3.63, 3.8) is 0 Å². The lowest BCUT2D eigenvalue weighted by molar-refractivity contribution is -0.119. The Bertz CT molecular complexity index is 522. The molecule has 2 fully saturated rings. The van der Waals surface area contributed by atoms with Crippen molar-refractivity contribution in [2.45, 2.75) is 65.0 Å². The van der Waals surface area contributed by atoms with Crippen LogP contribution in [0.15, 0.2) is 18.2 Å². The number of aryl methyl sites for hydroxylation is 2. The summed E-state index contributed by atoms with van der Waals surface area (Å²) in [6.07, 6.45) is 5.64. The molecule has 2 bridgehead atoms. The molecule has 2 saturated heterocycles. The van der Waals surface area contributed by atoms with Gasteiger partial charge in [-0.1, -0.05) is 6.07 Å². The molecule has 1 amide bonds. The number of nitrogens with one attached hydrogen (secondary N) is 1. The summed E-state index contributed by atoms with van der Waals surface area (Å²) in [5.74, 6) is 0.852. The molecule has 3 nitrogen and oxygen atoms in total. The second-order valence-electron chi connectivity index (χ2n) is 7.16. The zero-order valence-electron chi connectivity index (χ0n) is 14.1. The van der Waals surface area contributed by atoms with E-state index in [0.29, 0.717) is 30.3 Å². The van der Waals surface area contributed by atoms with Gasteiger partial charge in [0.25, 0.3) is 0 Å². The third-order valence-corrected chi connectivity index (χ3v) is 5.17. The first-order chi connectivity index (χ1) is 10.5. The molecular formula is C19H28N2O. The van der Waals surface area contributed by atoms with E-state index in [1.165, 1.54) is 36.8 Å². The fourth-order valence-corrected chi connectivity index (χ4v) is 4.31. The second kappa shape index (κ2) is 6.41. The Morgan fingerprint density at radius 2 is 1.73 bits per heavy atom. The molecule has 3 rings (SSSR count). The van der Waals surface area contributed by atoms with Crippen LogP contribution in [0.2, 0.25) is 0 Å². The van der Waals surface area contributed by atoms with Crippen LogP contribution in [0.3, 0.4) is 0 Å². The van der Waals surface area contributed by atoms with Crippen molar-refractivity contribution in [3.05, 3.63) is 29.3 Å². The van der Waals surface area contributed by atoms with E-state index in [1.807, 2.05) is 4.90 Å². The summed E-state index contributed by atoms with van der Waals surface area (Å²) in [7, 11) is 0. The summed E-state index contributed by atoms with van der Waals surface area (Å²) in [6.45, 7) is 7.01. The Morgan fingerprint density at radius 1 is 1.14 bits per heavy atom. The van der Waals surface area contributed by atoms with E-state index in [4.69, 9.17) is 0 Å². The highest BCUT2D eigenvalue weighted by molar-refractivity contribution is 5.93. The minimum Gasteiger partial charge on any atom is -0.313 e. The fourth-order valence-electron chi connectivity index (χ4n) is 4.31. The molecule has 0 spiro atoms. The Morgan fingerprint density at radius 3 is 2.27 bits per heavy atom. The van der Waals surface area contributed by atoms with Gasteiger partial charge in [-0.3, -0.25) is 4.79 Å². The van der Waals surface area contributed by atoms with Crippen LogP contribution in [0, 0.1) is 19.8 Å². The van der Waals surface area contributed by atoms with Crippen molar-refractivity contribution in [2.75, 3.05) is 11.4 Å². The number of benzene rings is 1. The van der Waals surface area contributed by atoms with Crippen molar-refractivity contribution < 1.29 is 4.79 Å². The van der Waals surface area contributed by atoms with Crippen LogP contribution in [0.1, 0.15) is 50.2 Å². The van der Waals surface area contributed by atoms with Gasteiger partial charge in [-0.05, 0) is 75.6 Å². The summed E-state index contributed by atoms with van der Waals surface area (Å²) < 4.78 is 0. The third-order valence-electron chi connectivity index (χ3n) is 5.17. The summed E-state index contributed by atoms with van der Waals surface area (Å²) in [6, 6.07) is 7.73. The molecule has 2 heterocycles. The standard InChI is InChI=1S/C19H28N2O/c1-4-21(18-8-13(2)7-14(3)9-18)19(22)12-15-10-16-5-6-17(11-15)20-16/h7-9,15-17,20H,4-6,10-12H2,1-3H3. The number of carbonyl (C=O) groups is 1. The maximum atomic E-state index is 12.8. The van der Waals surface area contributed by atoms with Gasteiger partial charge in [0.1, 0.15) is 0 Å². The minimum atomic E-state index is 0.291. The molecule has 0 aromatic heterocycles. The van der Waals surface area contributed by atoms with E-state index in [-0.39, 0.29) is 0 Å². The molecular weight excluding hydrogens is 272 g/mol. The lowest BCUT2D eigenvalue weighted by atomic mass is 9.89. The topological polar surface area (TPSA) is 32.3 Å². The second-order valence-corrected chi connectivity index (χ2v) is 7.16. The largest absolute Gasteiger partial charge is 0.313 e. The molecule has 1 N–H and O–H groups in total. The Balaban J connectivity index is 1.69.